The second-order valence-electron chi connectivity index (χ2n) is 4.03. The van der Waals surface area contributed by atoms with Gasteiger partial charge in [0.15, 0.2) is 5.65 Å². The summed E-state index contributed by atoms with van der Waals surface area (Å²) < 4.78 is 2.68. The number of aryl methyl sites for hydroxylation is 1. The van der Waals surface area contributed by atoms with Crippen LogP contribution in [0.2, 0.25) is 0 Å². The highest BCUT2D eigenvalue weighted by Crippen LogP contribution is 2.12. The molecule has 0 amide bonds. The average molecular weight is 319 g/mol. The predicted molar refractivity (Wildman–Crippen MR) is 74.8 cm³/mol. The maximum Gasteiger partial charge on any atom is 0.243 e. The van der Waals surface area contributed by atoms with Gasteiger partial charge in [-0.2, -0.15) is 4.98 Å². The number of nitrogens with zero attached hydrogens (tertiary/aromatic N) is 5. The minimum absolute atomic E-state index is 0.571. The van der Waals surface area contributed by atoms with Crippen LogP contribution >= 0.6 is 15.9 Å². The summed E-state index contributed by atoms with van der Waals surface area (Å²) in [6.45, 7) is 2.44. The minimum atomic E-state index is 0.571. The number of halogens is 1. The Labute approximate surface area is 118 Å². The van der Waals surface area contributed by atoms with Gasteiger partial charge >= 0.3 is 0 Å². The fraction of sp³-hybridized carbons (Fsp3) is 0.167. The lowest BCUT2D eigenvalue weighted by Crippen LogP contribution is -2.04. The van der Waals surface area contributed by atoms with Crippen molar-refractivity contribution in [1.82, 2.24) is 24.6 Å². The molecule has 3 aromatic rings. The number of pyridine rings is 1. The van der Waals surface area contributed by atoms with E-state index in [-0.39, 0.29) is 0 Å². The molecular weight excluding hydrogens is 308 g/mol. The standard InChI is InChI=1S/C12H11BrN6/c1-8-14-5-4-10(16-8)6-15-12-17-11-3-2-9(13)7-19(11)18-12/h2-5,7H,6H2,1H3,(H,15,18). The van der Waals surface area contributed by atoms with Gasteiger partial charge in [0.2, 0.25) is 5.95 Å². The Morgan fingerprint density at radius 2 is 2.16 bits per heavy atom. The molecule has 3 heterocycles. The van der Waals surface area contributed by atoms with Crippen molar-refractivity contribution in [1.29, 1.82) is 0 Å². The van der Waals surface area contributed by atoms with Gasteiger partial charge in [0.25, 0.3) is 0 Å². The number of hydrogen-bond donors (Lipinski definition) is 1. The summed E-state index contributed by atoms with van der Waals surface area (Å²) in [5.74, 6) is 1.33. The summed E-state index contributed by atoms with van der Waals surface area (Å²) in [6, 6.07) is 5.70. The molecule has 7 heteroatoms. The Morgan fingerprint density at radius 3 is 3.00 bits per heavy atom. The van der Waals surface area contributed by atoms with Gasteiger partial charge in [-0.1, -0.05) is 0 Å². The molecule has 0 aromatic carbocycles. The third kappa shape index (κ3) is 2.70. The van der Waals surface area contributed by atoms with Crippen molar-refractivity contribution in [2.45, 2.75) is 13.5 Å². The van der Waals surface area contributed by atoms with E-state index in [1.165, 1.54) is 0 Å². The number of rotatable bonds is 3. The van der Waals surface area contributed by atoms with Gasteiger partial charge in [0, 0.05) is 16.9 Å². The first-order valence-corrected chi connectivity index (χ1v) is 6.54. The first-order valence-electron chi connectivity index (χ1n) is 5.75. The van der Waals surface area contributed by atoms with Gasteiger partial charge in [0.05, 0.1) is 12.2 Å². The molecule has 0 radical (unpaired) electrons. The second kappa shape index (κ2) is 4.93. The topological polar surface area (TPSA) is 68.0 Å². The highest BCUT2D eigenvalue weighted by Gasteiger charge is 2.04. The summed E-state index contributed by atoms with van der Waals surface area (Å²) in [5, 5.41) is 7.48. The molecule has 0 aliphatic carbocycles. The minimum Gasteiger partial charge on any atom is -0.347 e. The van der Waals surface area contributed by atoms with Gasteiger partial charge in [-0.05, 0) is 41.1 Å². The number of hydrogen-bond acceptors (Lipinski definition) is 5. The van der Waals surface area contributed by atoms with Crippen molar-refractivity contribution in [2.75, 3.05) is 5.32 Å². The first-order chi connectivity index (χ1) is 9.20. The monoisotopic (exact) mass is 318 g/mol. The molecule has 0 saturated heterocycles. The smallest absolute Gasteiger partial charge is 0.243 e. The summed E-state index contributed by atoms with van der Waals surface area (Å²) in [5.41, 5.74) is 1.71. The molecule has 19 heavy (non-hydrogen) atoms. The van der Waals surface area contributed by atoms with Gasteiger partial charge in [0.1, 0.15) is 5.82 Å². The largest absolute Gasteiger partial charge is 0.347 e. The molecule has 0 fully saturated rings. The van der Waals surface area contributed by atoms with Crippen LogP contribution in [0, 0.1) is 6.92 Å². The van der Waals surface area contributed by atoms with E-state index in [9.17, 15) is 0 Å². The molecule has 6 nitrogen and oxygen atoms in total. The third-order valence-electron chi connectivity index (χ3n) is 2.56. The van der Waals surface area contributed by atoms with E-state index < -0.39 is 0 Å². The van der Waals surface area contributed by atoms with Crippen molar-refractivity contribution < 1.29 is 0 Å². The summed E-state index contributed by atoms with van der Waals surface area (Å²) in [7, 11) is 0. The number of nitrogens with one attached hydrogen (secondary N) is 1. The zero-order valence-corrected chi connectivity index (χ0v) is 11.8. The van der Waals surface area contributed by atoms with Crippen LogP contribution < -0.4 is 5.32 Å². The van der Waals surface area contributed by atoms with Crippen molar-refractivity contribution >= 4 is 27.5 Å². The lowest BCUT2D eigenvalue weighted by atomic mass is 10.4. The Kier molecular flexibility index (Phi) is 3.12. The fourth-order valence-electron chi connectivity index (χ4n) is 1.71. The lowest BCUT2D eigenvalue weighted by Gasteiger charge is -2.01. The molecule has 0 aliphatic heterocycles. The number of anilines is 1. The maximum atomic E-state index is 4.37. The van der Waals surface area contributed by atoms with Gasteiger partial charge in [-0.25, -0.2) is 14.5 Å². The average Bonchev–Trinajstić information content (AvgIpc) is 2.78. The van der Waals surface area contributed by atoms with Crippen LogP contribution in [0.15, 0.2) is 35.1 Å². The predicted octanol–water partition coefficient (Wildman–Crippen LogP) is 2.20. The first kappa shape index (κ1) is 12.0. The maximum absolute atomic E-state index is 4.37. The molecule has 1 N–H and O–H groups in total. The van der Waals surface area contributed by atoms with Crippen LogP contribution in [0.3, 0.4) is 0 Å². The molecule has 0 bridgehead atoms. The Bertz CT molecular complexity index is 723. The molecule has 3 aromatic heterocycles. The van der Waals surface area contributed by atoms with E-state index in [1.807, 2.05) is 31.3 Å². The molecule has 0 saturated carbocycles. The van der Waals surface area contributed by atoms with Crippen molar-refractivity contribution in [3.63, 3.8) is 0 Å². The molecule has 0 unspecified atom stereocenters. The Balaban J connectivity index is 1.78. The van der Waals surface area contributed by atoms with Crippen LogP contribution in [0.1, 0.15) is 11.5 Å². The summed E-state index contributed by atoms with van der Waals surface area (Å²) in [6.07, 6.45) is 3.61. The molecule has 0 atom stereocenters. The van der Waals surface area contributed by atoms with Crippen LogP contribution in [-0.2, 0) is 6.54 Å². The number of fused-ring (bicyclic) bond motifs is 1. The van der Waals surface area contributed by atoms with Crippen LogP contribution in [0.25, 0.3) is 5.65 Å². The molecule has 0 aliphatic rings. The van der Waals surface area contributed by atoms with Crippen molar-refractivity contribution in [2.24, 2.45) is 0 Å². The van der Waals surface area contributed by atoms with Crippen LogP contribution in [-0.4, -0.2) is 24.6 Å². The Morgan fingerprint density at radius 1 is 1.26 bits per heavy atom. The van der Waals surface area contributed by atoms with Crippen LogP contribution in [0.4, 0.5) is 5.95 Å². The summed E-state index contributed by atoms with van der Waals surface area (Å²) >= 11 is 3.40. The normalized spacial score (nSPS) is 10.8. The van der Waals surface area contributed by atoms with E-state index in [4.69, 9.17) is 0 Å². The SMILES string of the molecule is Cc1nccc(CNc2nc3ccc(Br)cn3n2)n1. The fourth-order valence-corrected chi connectivity index (χ4v) is 2.03. The van der Waals surface area contributed by atoms with Gasteiger partial charge in [-0.3, -0.25) is 0 Å². The zero-order valence-electron chi connectivity index (χ0n) is 10.2. The Hall–Kier alpha value is -2.02. The summed E-state index contributed by atoms with van der Waals surface area (Å²) in [4.78, 5) is 12.7. The van der Waals surface area contributed by atoms with Gasteiger partial charge < -0.3 is 5.32 Å². The molecular formula is C12H11BrN6. The lowest BCUT2D eigenvalue weighted by molar-refractivity contribution is 0.920. The molecule has 0 spiro atoms. The molecule has 3 rings (SSSR count). The highest BCUT2D eigenvalue weighted by atomic mass is 79.9. The number of aromatic nitrogens is 5. The third-order valence-corrected chi connectivity index (χ3v) is 3.03. The van der Waals surface area contributed by atoms with Crippen molar-refractivity contribution in [3.8, 4) is 0 Å². The van der Waals surface area contributed by atoms with E-state index in [1.54, 1.807) is 10.7 Å². The van der Waals surface area contributed by atoms with E-state index in [0.717, 1.165) is 21.6 Å². The van der Waals surface area contributed by atoms with E-state index in [2.05, 4.69) is 41.3 Å². The van der Waals surface area contributed by atoms with Crippen molar-refractivity contribution in [3.05, 3.63) is 46.6 Å². The highest BCUT2D eigenvalue weighted by molar-refractivity contribution is 9.10. The zero-order chi connectivity index (χ0) is 13.2. The van der Waals surface area contributed by atoms with Crippen LogP contribution in [0.5, 0.6) is 0 Å². The van der Waals surface area contributed by atoms with Gasteiger partial charge in [-0.15, -0.1) is 5.10 Å². The second-order valence-corrected chi connectivity index (χ2v) is 4.95. The quantitative estimate of drug-likeness (QED) is 0.801. The molecule has 96 valence electrons. The van der Waals surface area contributed by atoms with E-state index >= 15 is 0 Å². The van der Waals surface area contributed by atoms with E-state index in [0.29, 0.717) is 12.5 Å².